The Hall–Kier alpha value is -1.10. The van der Waals surface area contributed by atoms with E-state index in [0.29, 0.717) is 12.6 Å². The lowest BCUT2D eigenvalue weighted by atomic mass is 10.2. The first-order valence-corrected chi connectivity index (χ1v) is 5.68. The van der Waals surface area contributed by atoms with Gasteiger partial charge in [-0.15, -0.1) is 0 Å². The molecule has 1 aliphatic heterocycles. The molecule has 0 aliphatic carbocycles. The van der Waals surface area contributed by atoms with Gasteiger partial charge < -0.3 is 14.5 Å². The summed E-state index contributed by atoms with van der Waals surface area (Å²) in [6.45, 7) is 3.58. The van der Waals surface area contributed by atoms with E-state index < -0.39 is 11.9 Å². The monoisotopic (exact) mass is 228 g/mol. The lowest BCUT2D eigenvalue weighted by molar-refractivity contribution is -0.159. The van der Waals surface area contributed by atoms with Crippen molar-refractivity contribution in [1.29, 1.82) is 0 Å². The average Bonchev–Trinajstić information content (AvgIpc) is 2.63. The molecule has 1 aliphatic rings. The molecule has 1 rings (SSSR count). The van der Waals surface area contributed by atoms with Gasteiger partial charge in [-0.05, 0) is 33.4 Å². The van der Waals surface area contributed by atoms with Crippen molar-refractivity contribution in [1.82, 2.24) is 9.80 Å². The van der Waals surface area contributed by atoms with Crippen LogP contribution in [0, 0.1) is 0 Å². The topological polar surface area (TPSA) is 49.9 Å². The molecule has 16 heavy (non-hydrogen) atoms. The smallest absolute Gasteiger partial charge is 0.396 e. The van der Waals surface area contributed by atoms with Gasteiger partial charge in [-0.3, -0.25) is 4.79 Å². The Bertz CT molecular complexity index is 268. The van der Waals surface area contributed by atoms with Gasteiger partial charge in [0.1, 0.15) is 0 Å². The molecule has 1 saturated heterocycles. The normalized spacial score (nSPS) is 20.8. The van der Waals surface area contributed by atoms with E-state index >= 15 is 0 Å². The molecule has 5 heteroatoms. The molecule has 0 bridgehead atoms. The number of likely N-dealkylation sites (N-methyl/N-ethyl adjacent to an activating group) is 2. The van der Waals surface area contributed by atoms with Crippen LogP contribution in [0.3, 0.4) is 0 Å². The second-order valence-corrected chi connectivity index (χ2v) is 4.18. The van der Waals surface area contributed by atoms with Crippen LogP contribution in [-0.4, -0.2) is 61.5 Å². The number of esters is 1. The van der Waals surface area contributed by atoms with Crippen LogP contribution in [-0.2, 0) is 14.3 Å². The third-order valence-corrected chi connectivity index (χ3v) is 2.95. The molecule has 1 atom stereocenters. The first kappa shape index (κ1) is 13.0. The highest BCUT2D eigenvalue weighted by atomic mass is 16.5. The Morgan fingerprint density at radius 2 is 2.19 bits per heavy atom. The lowest BCUT2D eigenvalue weighted by Crippen LogP contribution is -2.42. The van der Waals surface area contributed by atoms with Crippen molar-refractivity contribution in [2.45, 2.75) is 25.8 Å². The van der Waals surface area contributed by atoms with Crippen LogP contribution in [0.4, 0.5) is 0 Å². The summed E-state index contributed by atoms with van der Waals surface area (Å²) in [6, 6.07) is 0.364. The van der Waals surface area contributed by atoms with E-state index in [1.54, 1.807) is 14.0 Å². The van der Waals surface area contributed by atoms with Crippen LogP contribution < -0.4 is 0 Å². The minimum Gasteiger partial charge on any atom is -0.459 e. The standard InChI is InChI=1S/C11H20N2O3/c1-4-16-11(15)10(14)13(3)8-9-6-5-7-12(9)2/h9H,4-8H2,1-3H3. The molecule has 1 fully saturated rings. The molecular formula is C11H20N2O3. The largest absolute Gasteiger partial charge is 0.459 e. The van der Waals surface area contributed by atoms with Crippen molar-refractivity contribution in [3.8, 4) is 0 Å². The zero-order valence-corrected chi connectivity index (χ0v) is 10.2. The summed E-state index contributed by atoms with van der Waals surface area (Å²) >= 11 is 0. The van der Waals surface area contributed by atoms with Crippen molar-refractivity contribution in [2.24, 2.45) is 0 Å². The van der Waals surface area contributed by atoms with Gasteiger partial charge in [-0.2, -0.15) is 0 Å². The molecule has 0 radical (unpaired) electrons. The van der Waals surface area contributed by atoms with E-state index in [9.17, 15) is 9.59 Å². The first-order valence-electron chi connectivity index (χ1n) is 5.68. The van der Waals surface area contributed by atoms with Crippen LogP contribution in [0.15, 0.2) is 0 Å². The zero-order chi connectivity index (χ0) is 12.1. The van der Waals surface area contributed by atoms with Gasteiger partial charge >= 0.3 is 11.9 Å². The van der Waals surface area contributed by atoms with Crippen LogP contribution in [0.5, 0.6) is 0 Å². The Morgan fingerprint density at radius 1 is 1.50 bits per heavy atom. The molecule has 92 valence electrons. The van der Waals surface area contributed by atoms with Crippen molar-refractivity contribution in [3.63, 3.8) is 0 Å². The third-order valence-electron chi connectivity index (χ3n) is 2.95. The second-order valence-electron chi connectivity index (χ2n) is 4.18. The first-order chi connectivity index (χ1) is 7.56. The molecule has 5 nitrogen and oxygen atoms in total. The average molecular weight is 228 g/mol. The van der Waals surface area contributed by atoms with Crippen molar-refractivity contribution >= 4 is 11.9 Å². The summed E-state index contributed by atoms with van der Waals surface area (Å²) in [7, 11) is 3.69. The van der Waals surface area contributed by atoms with E-state index in [4.69, 9.17) is 0 Å². The number of carbonyl (C=O) groups is 2. The van der Waals surface area contributed by atoms with E-state index in [-0.39, 0.29) is 6.61 Å². The van der Waals surface area contributed by atoms with Gasteiger partial charge in [-0.1, -0.05) is 0 Å². The van der Waals surface area contributed by atoms with Crippen LogP contribution >= 0.6 is 0 Å². The second kappa shape index (κ2) is 5.84. The van der Waals surface area contributed by atoms with Gasteiger partial charge in [-0.25, -0.2) is 4.79 Å². The molecule has 0 aromatic carbocycles. The summed E-state index contributed by atoms with van der Waals surface area (Å²) in [6.07, 6.45) is 2.24. The van der Waals surface area contributed by atoms with Crippen LogP contribution in [0.1, 0.15) is 19.8 Å². The third kappa shape index (κ3) is 3.20. The Morgan fingerprint density at radius 3 is 2.69 bits per heavy atom. The van der Waals surface area contributed by atoms with Gasteiger partial charge in [0.2, 0.25) is 0 Å². The van der Waals surface area contributed by atoms with Crippen molar-refractivity contribution in [3.05, 3.63) is 0 Å². The van der Waals surface area contributed by atoms with Gasteiger partial charge in [0.25, 0.3) is 0 Å². The lowest BCUT2D eigenvalue weighted by Gasteiger charge is -2.25. The summed E-state index contributed by atoms with van der Waals surface area (Å²) in [5, 5.41) is 0. The molecule has 1 amide bonds. The predicted molar refractivity (Wildman–Crippen MR) is 59.9 cm³/mol. The molecular weight excluding hydrogens is 208 g/mol. The molecule has 0 aromatic heterocycles. The van der Waals surface area contributed by atoms with Gasteiger partial charge in [0, 0.05) is 19.6 Å². The highest BCUT2D eigenvalue weighted by Gasteiger charge is 2.26. The van der Waals surface area contributed by atoms with E-state index in [1.807, 2.05) is 7.05 Å². The summed E-state index contributed by atoms with van der Waals surface area (Å²) in [4.78, 5) is 26.4. The highest BCUT2D eigenvalue weighted by Crippen LogP contribution is 2.15. The van der Waals surface area contributed by atoms with Gasteiger partial charge in [0.05, 0.1) is 6.61 Å². The number of nitrogens with zero attached hydrogens (tertiary/aromatic N) is 2. The van der Waals surface area contributed by atoms with E-state index in [0.717, 1.165) is 19.4 Å². The molecule has 0 spiro atoms. The fourth-order valence-corrected chi connectivity index (χ4v) is 1.96. The maximum absolute atomic E-state index is 11.6. The maximum atomic E-state index is 11.6. The molecule has 0 N–H and O–H groups in total. The number of carbonyl (C=O) groups excluding carboxylic acids is 2. The summed E-state index contributed by atoms with van der Waals surface area (Å²) in [5.41, 5.74) is 0. The van der Waals surface area contributed by atoms with Gasteiger partial charge in [0.15, 0.2) is 0 Å². The summed E-state index contributed by atoms with van der Waals surface area (Å²) in [5.74, 6) is -1.31. The fourth-order valence-electron chi connectivity index (χ4n) is 1.96. The minimum atomic E-state index is -0.759. The fraction of sp³-hybridized carbons (Fsp3) is 0.818. The minimum absolute atomic E-state index is 0.238. The van der Waals surface area contributed by atoms with E-state index in [2.05, 4.69) is 9.64 Å². The number of likely N-dealkylation sites (tertiary alicyclic amines) is 1. The predicted octanol–water partition coefficient (Wildman–Crippen LogP) is 0.102. The quantitative estimate of drug-likeness (QED) is 0.508. The van der Waals surface area contributed by atoms with Crippen molar-refractivity contribution in [2.75, 3.05) is 33.8 Å². The van der Waals surface area contributed by atoms with Crippen LogP contribution in [0.2, 0.25) is 0 Å². The van der Waals surface area contributed by atoms with Crippen LogP contribution in [0.25, 0.3) is 0 Å². The van der Waals surface area contributed by atoms with Crippen molar-refractivity contribution < 1.29 is 14.3 Å². The SMILES string of the molecule is CCOC(=O)C(=O)N(C)CC1CCCN1C. The number of hydrogen-bond donors (Lipinski definition) is 0. The molecule has 0 saturated carbocycles. The van der Waals surface area contributed by atoms with E-state index in [1.165, 1.54) is 4.90 Å². The summed E-state index contributed by atoms with van der Waals surface area (Å²) < 4.78 is 4.67. The number of hydrogen-bond acceptors (Lipinski definition) is 4. The molecule has 0 aromatic rings. The number of ether oxygens (including phenoxy) is 1. The number of rotatable bonds is 3. The zero-order valence-electron chi connectivity index (χ0n) is 10.2. The highest BCUT2D eigenvalue weighted by molar-refractivity contribution is 6.32. The Labute approximate surface area is 96.3 Å². The Balaban J connectivity index is 2.42. The number of amides is 1. The molecule has 1 unspecified atom stereocenters. The Kier molecular flexibility index (Phi) is 4.73. The molecule has 1 heterocycles. The maximum Gasteiger partial charge on any atom is 0.396 e.